The molecule has 0 saturated heterocycles. The lowest BCUT2D eigenvalue weighted by Gasteiger charge is -2.06. The molecule has 0 amide bonds. The number of benzene rings is 1. The molecule has 1 rings (SSSR count). The predicted molar refractivity (Wildman–Crippen MR) is 53.8 cm³/mol. The van der Waals surface area contributed by atoms with Crippen molar-refractivity contribution in [2.75, 3.05) is 6.61 Å². The Morgan fingerprint density at radius 3 is 2.79 bits per heavy atom. The summed E-state index contributed by atoms with van der Waals surface area (Å²) in [5.74, 6) is -0.481. The number of carbonyl (C=O) groups excluding carboxylic acids is 1. The fraction of sp³-hybridized carbons (Fsp3) is 0.300. The Morgan fingerprint density at radius 2 is 2.21 bits per heavy atom. The summed E-state index contributed by atoms with van der Waals surface area (Å²) in [6.45, 7) is 3.69. The van der Waals surface area contributed by atoms with Crippen LogP contribution in [0.5, 0.6) is 5.75 Å². The second-order valence-electron chi connectivity index (χ2n) is 2.84. The second-order valence-corrected chi connectivity index (χ2v) is 3.25. The van der Waals surface area contributed by atoms with Gasteiger partial charge in [0.2, 0.25) is 0 Å². The van der Waals surface area contributed by atoms with Crippen LogP contribution in [-0.2, 0) is 4.74 Å². The van der Waals surface area contributed by atoms with Crippen molar-refractivity contribution in [2.24, 2.45) is 0 Å². The molecule has 0 aromatic heterocycles. The van der Waals surface area contributed by atoms with Crippen LogP contribution in [-0.4, -0.2) is 17.7 Å². The van der Waals surface area contributed by atoms with Gasteiger partial charge in [0.1, 0.15) is 5.75 Å². The highest BCUT2D eigenvalue weighted by atomic mass is 35.5. The van der Waals surface area contributed by atoms with Gasteiger partial charge in [0.15, 0.2) is 0 Å². The Balaban J connectivity index is 3.09. The van der Waals surface area contributed by atoms with Crippen molar-refractivity contribution < 1.29 is 14.6 Å². The van der Waals surface area contributed by atoms with Gasteiger partial charge in [0, 0.05) is 0 Å². The summed E-state index contributed by atoms with van der Waals surface area (Å²) in [6, 6.07) is 2.85. The Kier molecular flexibility index (Phi) is 3.36. The molecule has 0 aliphatic heterocycles. The van der Waals surface area contributed by atoms with E-state index in [0.717, 1.165) is 0 Å². The van der Waals surface area contributed by atoms with E-state index in [0.29, 0.717) is 10.6 Å². The maximum absolute atomic E-state index is 11.3. The molecule has 0 radical (unpaired) electrons. The van der Waals surface area contributed by atoms with Crippen LogP contribution in [0.1, 0.15) is 22.8 Å². The van der Waals surface area contributed by atoms with Gasteiger partial charge < -0.3 is 9.84 Å². The van der Waals surface area contributed by atoms with Gasteiger partial charge in [0.05, 0.1) is 17.2 Å². The number of carbonyl (C=O) groups is 1. The molecule has 0 aliphatic rings. The zero-order valence-electron chi connectivity index (χ0n) is 8.00. The van der Waals surface area contributed by atoms with Gasteiger partial charge in [-0.2, -0.15) is 0 Å². The van der Waals surface area contributed by atoms with Crippen LogP contribution in [0.25, 0.3) is 0 Å². The standard InChI is InChI=1S/C10H11ClO3/c1-3-14-10(13)7-5-9(12)6(2)4-8(7)11/h4-5,12H,3H2,1-2H3. The van der Waals surface area contributed by atoms with Gasteiger partial charge in [-0.05, 0) is 31.5 Å². The van der Waals surface area contributed by atoms with Crippen LogP contribution in [0.4, 0.5) is 0 Å². The number of hydrogen-bond donors (Lipinski definition) is 1. The van der Waals surface area contributed by atoms with Crippen LogP contribution in [0.2, 0.25) is 5.02 Å². The molecule has 0 aliphatic carbocycles. The minimum Gasteiger partial charge on any atom is -0.508 e. The van der Waals surface area contributed by atoms with Crippen molar-refractivity contribution in [3.05, 3.63) is 28.3 Å². The van der Waals surface area contributed by atoms with E-state index in [1.54, 1.807) is 13.8 Å². The van der Waals surface area contributed by atoms with Gasteiger partial charge in [-0.1, -0.05) is 11.6 Å². The molecule has 0 fully saturated rings. The molecular weight excluding hydrogens is 204 g/mol. The average molecular weight is 215 g/mol. The number of rotatable bonds is 2. The number of halogens is 1. The van der Waals surface area contributed by atoms with Crippen LogP contribution >= 0.6 is 11.6 Å². The first-order valence-electron chi connectivity index (χ1n) is 4.22. The summed E-state index contributed by atoms with van der Waals surface area (Å²) in [7, 11) is 0. The molecule has 0 heterocycles. The van der Waals surface area contributed by atoms with Gasteiger partial charge >= 0.3 is 5.97 Å². The maximum atomic E-state index is 11.3. The summed E-state index contributed by atoms with van der Waals surface area (Å²) in [4.78, 5) is 11.3. The number of aromatic hydroxyl groups is 1. The normalized spacial score (nSPS) is 9.93. The largest absolute Gasteiger partial charge is 0.508 e. The topological polar surface area (TPSA) is 46.5 Å². The summed E-state index contributed by atoms with van der Waals surface area (Å²) >= 11 is 5.82. The maximum Gasteiger partial charge on any atom is 0.339 e. The fourth-order valence-electron chi connectivity index (χ4n) is 1.03. The lowest BCUT2D eigenvalue weighted by atomic mass is 10.1. The number of phenols is 1. The monoisotopic (exact) mass is 214 g/mol. The number of esters is 1. The lowest BCUT2D eigenvalue weighted by Crippen LogP contribution is -2.05. The molecule has 4 heteroatoms. The molecular formula is C10H11ClO3. The van der Waals surface area contributed by atoms with Gasteiger partial charge in [-0.25, -0.2) is 4.79 Å². The predicted octanol–water partition coefficient (Wildman–Crippen LogP) is 2.53. The zero-order chi connectivity index (χ0) is 10.7. The molecule has 0 spiro atoms. The van der Waals surface area contributed by atoms with Crippen LogP contribution in [0.15, 0.2) is 12.1 Å². The number of phenolic OH excluding ortho intramolecular Hbond substituents is 1. The number of aryl methyl sites for hydroxylation is 1. The van der Waals surface area contributed by atoms with Crippen molar-refractivity contribution in [3.63, 3.8) is 0 Å². The third kappa shape index (κ3) is 2.17. The molecule has 3 nitrogen and oxygen atoms in total. The zero-order valence-corrected chi connectivity index (χ0v) is 8.76. The molecule has 0 unspecified atom stereocenters. The van der Waals surface area contributed by atoms with Gasteiger partial charge in [0.25, 0.3) is 0 Å². The Labute approximate surface area is 87.3 Å². The Hall–Kier alpha value is -1.22. The van der Waals surface area contributed by atoms with E-state index >= 15 is 0 Å². The highest BCUT2D eigenvalue weighted by molar-refractivity contribution is 6.33. The van der Waals surface area contributed by atoms with Crippen LogP contribution in [0.3, 0.4) is 0 Å². The van der Waals surface area contributed by atoms with E-state index in [9.17, 15) is 9.90 Å². The molecule has 0 saturated carbocycles. The highest BCUT2D eigenvalue weighted by Crippen LogP contribution is 2.25. The first kappa shape index (κ1) is 10.9. The molecule has 0 atom stereocenters. The second kappa shape index (κ2) is 4.33. The van der Waals surface area contributed by atoms with Crippen molar-refractivity contribution in [1.29, 1.82) is 0 Å². The molecule has 1 N–H and O–H groups in total. The number of ether oxygens (including phenoxy) is 1. The van der Waals surface area contributed by atoms with Crippen LogP contribution < -0.4 is 0 Å². The summed E-state index contributed by atoms with van der Waals surface area (Å²) in [5.41, 5.74) is 0.819. The summed E-state index contributed by atoms with van der Waals surface area (Å²) in [6.07, 6.45) is 0. The quantitative estimate of drug-likeness (QED) is 0.770. The van der Waals surface area contributed by atoms with Gasteiger partial charge in [-0.15, -0.1) is 0 Å². The minimum absolute atomic E-state index is 0.0393. The summed E-state index contributed by atoms with van der Waals surface area (Å²) < 4.78 is 4.77. The molecule has 1 aromatic rings. The molecule has 1 aromatic carbocycles. The first-order valence-corrected chi connectivity index (χ1v) is 4.60. The van der Waals surface area contributed by atoms with Crippen molar-refractivity contribution in [1.82, 2.24) is 0 Å². The Bertz CT molecular complexity index is 361. The third-order valence-electron chi connectivity index (χ3n) is 1.78. The van der Waals surface area contributed by atoms with Crippen molar-refractivity contribution >= 4 is 17.6 Å². The minimum atomic E-state index is -0.521. The smallest absolute Gasteiger partial charge is 0.339 e. The van der Waals surface area contributed by atoms with Gasteiger partial charge in [-0.3, -0.25) is 0 Å². The third-order valence-corrected chi connectivity index (χ3v) is 2.09. The lowest BCUT2D eigenvalue weighted by molar-refractivity contribution is 0.0526. The van der Waals surface area contributed by atoms with Crippen molar-refractivity contribution in [2.45, 2.75) is 13.8 Å². The molecule has 14 heavy (non-hydrogen) atoms. The molecule has 76 valence electrons. The highest BCUT2D eigenvalue weighted by Gasteiger charge is 2.13. The fourth-order valence-corrected chi connectivity index (χ4v) is 1.32. The van der Waals surface area contributed by atoms with E-state index in [-0.39, 0.29) is 17.9 Å². The van der Waals surface area contributed by atoms with E-state index in [4.69, 9.17) is 16.3 Å². The van der Waals surface area contributed by atoms with E-state index in [1.807, 2.05) is 0 Å². The number of hydrogen-bond acceptors (Lipinski definition) is 3. The first-order chi connectivity index (χ1) is 6.56. The van der Waals surface area contributed by atoms with Crippen molar-refractivity contribution in [3.8, 4) is 5.75 Å². The SMILES string of the molecule is CCOC(=O)c1cc(O)c(C)cc1Cl. The summed E-state index contributed by atoms with van der Waals surface area (Å²) in [5, 5.41) is 9.67. The average Bonchev–Trinajstić information content (AvgIpc) is 2.11. The van der Waals surface area contributed by atoms with E-state index in [2.05, 4.69) is 0 Å². The van der Waals surface area contributed by atoms with Crippen LogP contribution in [0, 0.1) is 6.92 Å². The van der Waals surface area contributed by atoms with E-state index in [1.165, 1.54) is 12.1 Å². The van der Waals surface area contributed by atoms with E-state index < -0.39 is 5.97 Å². The molecule has 0 bridgehead atoms. The Morgan fingerprint density at radius 1 is 1.57 bits per heavy atom.